The summed E-state index contributed by atoms with van der Waals surface area (Å²) < 4.78 is 0. The van der Waals surface area contributed by atoms with Crippen LogP contribution in [0.2, 0.25) is 0 Å². The van der Waals surface area contributed by atoms with E-state index in [4.69, 9.17) is 0 Å². The molecule has 0 aromatic rings. The van der Waals surface area contributed by atoms with Gasteiger partial charge < -0.3 is 0 Å². The summed E-state index contributed by atoms with van der Waals surface area (Å²) in [7, 11) is 0. The average Bonchev–Trinajstić information content (AvgIpc) is 2.80. The van der Waals surface area contributed by atoms with E-state index in [0.29, 0.717) is 16.7 Å². The van der Waals surface area contributed by atoms with Gasteiger partial charge in [0.05, 0.1) is 0 Å². The minimum atomic E-state index is 0.426. The first-order chi connectivity index (χ1) is 7.30. The predicted molar refractivity (Wildman–Crippen MR) is 71.2 cm³/mol. The molecule has 0 nitrogen and oxygen atoms in total. The monoisotopic (exact) mass is 218 g/mol. The number of rotatable bonds is 2. The second kappa shape index (κ2) is 3.48. The van der Waals surface area contributed by atoms with Crippen LogP contribution in [-0.2, 0) is 0 Å². The highest BCUT2D eigenvalue weighted by Crippen LogP contribution is 2.69. The first-order valence-electron chi connectivity index (χ1n) is 6.68. The Morgan fingerprint density at radius 2 is 1.75 bits per heavy atom. The van der Waals surface area contributed by atoms with E-state index in [1.165, 1.54) is 0 Å². The maximum absolute atomic E-state index is 2.48. The van der Waals surface area contributed by atoms with Crippen molar-refractivity contribution >= 4 is 0 Å². The Balaban J connectivity index is 2.26. The lowest BCUT2D eigenvalue weighted by molar-refractivity contribution is 0.184. The van der Waals surface area contributed by atoms with Crippen molar-refractivity contribution in [2.24, 2.45) is 34.5 Å². The first kappa shape index (κ1) is 12.0. The second-order valence-electron chi connectivity index (χ2n) is 6.95. The molecule has 0 bridgehead atoms. The third-order valence-electron chi connectivity index (χ3n) is 5.31. The molecule has 1 fully saturated rings. The van der Waals surface area contributed by atoms with Crippen molar-refractivity contribution in [1.29, 1.82) is 0 Å². The Labute approximate surface area is 101 Å². The first-order valence-corrected chi connectivity index (χ1v) is 6.68. The Morgan fingerprint density at radius 3 is 2.31 bits per heavy atom. The summed E-state index contributed by atoms with van der Waals surface area (Å²) in [6, 6.07) is 0. The van der Waals surface area contributed by atoms with E-state index in [1.807, 2.05) is 0 Å². The summed E-state index contributed by atoms with van der Waals surface area (Å²) in [5.41, 5.74) is 0.865. The molecule has 0 aliphatic heterocycles. The maximum Gasteiger partial charge on any atom is -0.00411 e. The lowest BCUT2D eigenvalue weighted by Gasteiger charge is -2.31. The van der Waals surface area contributed by atoms with Crippen LogP contribution in [0.1, 0.15) is 41.5 Å². The van der Waals surface area contributed by atoms with Gasteiger partial charge in [-0.15, -0.1) is 0 Å². The molecule has 0 amide bonds. The highest BCUT2D eigenvalue weighted by atomic mass is 14.7. The SMILES string of the molecule is CC1C=CC2C(C(C)(C)C(C)C)C2(C)C=C1. The summed E-state index contributed by atoms with van der Waals surface area (Å²) in [4.78, 5) is 0. The molecule has 0 radical (unpaired) electrons. The van der Waals surface area contributed by atoms with E-state index in [1.54, 1.807) is 0 Å². The third-order valence-corrected chi connectivity index (χ3v) is 5.31. The van der Waals surface area contributed by atoms with Crippen LogP contribution in [0.3, 0.4) is 0 Å². The molecule has 0 spiro atoms. The average molecular weight is 218 g/mol. The van der Waals surface area contributed by atoms with Gasteiger partial charge >= 0.3 is 0 Å². The quantitative estimate of drug-likeness (QED) is 0.590. The molecule has 1 saturated carbocycles. The largest absolute Gasteiger partial charge is 0.0836 e. The van der Waals surface area contributed by atoms with Crippen LogP contribution in [-0.4, -0.2) is 0 Å². The van der Waals surface area contributed by atoms with Gasteiger partial charge in [0, 0.05) is 0 Å². The van der Waals surface area contributed by atoms with Crippen molar-refractivity contribution in [2.75, 3.05) is 0 Å². The van der Waals surface area contributed by atoms with Gasteiger partial charge in [-0.3, -0.25) is 0 Å². The molecule has 2 aliphatic carbocycles. The number of hydrogen-bond acceptors (Lipinski definition) is 0. The molecule has 0 N–H and O–H groups in total. The Kier molecular flexibility index (Phi) is 2.60. The van der Waals surface area contributed by atoms with Crippen molar-refractivity contribution in [1.82, 2.24) is 0 Å². The van der Waals surface area contributed by atoms with Crippen LogP contribution in [0.25, 0.3) is 0 Å². The van der Waals surface area contributed by atoms with Crippen molar-refractivity contribution < 1.29 is 0 Å². The van der Waals surface area contributed by atoms with Gasteiger partial charge in [0.25, 0.3) is 0 Å². The summed E-state index contributed by atoms with van der Waals surface area (Å²) in [6.45, 7) is 14.3. The highest BCUT2D eigenvalue weighted by molar-refractivity contribution is 5.30. The maximum atomic E-state index is 2.48. The molecule has 2 aliphatic rings. The summed E-state index contributed by atoms with van der Waals surface area (Å²) in [5, 5.41) is 0. The van der Waals surface area contributed by atoms with E-state index in [9.17, 15) is 0 Å². The summed E-state index contributed by atoms with van der Waals surface area (Å²) in [6.07, 6.45) is 9.71. The lowest BCUT2D eigenvalue weighted by atomic mass is 9.73. The van der Waals surface area contributed by atoms with Gasteiger partial charge in [-0.25, -0.2) is 0 Å². The zero-order chi connectivity index (χ0) is 12.1. The highest BCUT2D eigenvalue weighted by Gasteiger charge is 2.64. The molecule has 0 aromatic carbocycles. The number of hydrogen-bond donors (Lipinski definition) is 0. The standard InChI is InChI=1S/C16H26/c1-11(2)15(4,5)14-13-8-7-12(3)9-10-16(13,14)6/h7-14H,1-6H3. The molecular weight excluding hydrogens is 192 g/mol. The molecule has 2 rings (SSSR count). The van der Waals surface area contributed by atoms with Crippen molar-refractivity contribution in [3.8, 4) is 0 Å². The summed E-state index contributed by atoms with van der Waals surface area (Å²) in [5.74, 6) is 2.96. The Morgan fingerprint density at radius 1 is 1.12 bits per heavy atom. The molecule has 4 unspecified atom stereocenters. The molecule has 90 valence electrons. The fraction of sp³-hybridized carbons (Fsp3) is 0.750. The molecule has 4 atom stereocenters. The smallest absolute Gasteiger partial charge is 0.00411 e. The molecule has 0 aromatic heterocycles. The summed E-state index contributed by atoms with van der Waals surface area (Å²) >= 11 is 0. The van der Waals surface area contributed by atoms with E-state index >= 15 is 0 Å². The number of allylic oxidation sites excluding steroid dienone is 4. The van der Waals surface area contributed by atoms with Crippen LogP contribution in [0, 0.1) is 34.5 Å². The fourth-order valence-electron chi connectivity index (χ4n) is 3.44. The van der Waals surface area contributed by atoms with Crippen LogP contribution in [0.4, 0.5) is 0 Å². The van der Waals surface area contributed by atoms with Gasteiger partial charge in [-0.1, -0.05) is 65.8 Å². The van der Waals surface area contributed by atoms with Crippen LogP contribution in [0.5, 0.6) is 0 Å². The zero-order valence-electron chi connectivity index (χ0n) is 11.6. The normalized spacial score (nSPS) is 42.1. The molecule has 0 heteroatoms. The predicted octanol–water partition coefficient (Wildman–Crippen LogP) is 4.68. The topological polar surface area (TPSA) is 0 Å². The Hall–Kier alpha value is -0.520. The minimum absolute atomic E-state index is 0.426. The van der Waals surface area contributed by atoms with Crippen molar-refractivity contribution in [2.45, 2.75) is 41.5 Å². The lowest BCUT2D eigenvalue weighted by Crippen LogP contribution is -2.24. The van der Waals surface area contributed by atoms with Gasteiger partial charge in [-0.05, 0) is 34.5 Å². The minimum Gasteiger partial charge on any atom is -0.0836 e. The number of fused-ring (bicyclic) bond motifs is 1. The van der Waals surface area contributed by atoms with Gasteiger partial charge in [0.1, 0.15) is 0 Å². The molecule has 0 heterocycles. The Bertz CT molecular complexity index is 332. The van der Waals surface area contributed by atoms with Crippen LogP contribution < -0.4 is 0 Å². The van der Waals surface area contributed by atoms with Gasteiger partial charge in [0.2, 0.25) is 0 Å². The fourth-order valence-corrected chi connectivity index (χ4v) is 3.44. The molecular formula is C16H26. The van der Waals surface area contributed by atoms with E-state index in [2.05, 4.69) is 65.8 Å². The van der Waals surface area contributed by atoms with E-state index < -0.39 is 0 Å². The third kappa shape index (κ3) is 1.58. The van der Waals surface area contributed by atoms with Gasteiger partial charge in [0.15, 0.2) is 0 Å². The second-order valence-corrected chi connectivity index (χ2v) is 6.95. The van der Waals surface area contributed by atoms with Gasteiger partial charge in [-0.2, -0.15) is 0 Å². The van der Waals surface area contributed by atoms with E-state index in [-0.39, 0.29) is 0 Å². The van der Waals surface area contributed by atoms with Crippen LogP contribution in [0.15, 0.2) is 24.3 Å². The van der Waals surface area contributed by atoms with Crippen LogP contribution >= 0.6 is 0 Å². The zero-order valence-corrected chi connectivity index (χ0v) is 11.6. The van der Waals surface area contributed by atoms with Crippen molar-refractivity contribution in [3.63, 3.8) is 0 Å². The van der Waals surface area contributed by atoms with E-state index in [0.717, 1.165) is 17.8 Å². The molecule has 0 saturated heterocycles. The molecule has 16 heavy (non-hydrogen) atoms. The van der Waals surface area contributed by atoms with Crippen molar-refractivity contribution in [3.05, 3.63) is 24.3 Å².